The number of aryl methyl sites for hydroxylation is 1. The second kappa shape index (κ2) is 5.40. The predicted octanol–water partition coefficient (Wildman–Crippen LogP) is 2.46. The Morgan fingerprint density at radius 1 is 1.40 bits per heavy atom. The fraction of sp³-hybridized carbons (Fsp3) is 0.467. The number of anilines is 2. The van der Waals surface area contributed by atoms with Gasteiger partial charge in [0, 0.05) is 25.5 Å². The molecule has 0 atom stereocenters. The summed E-state index contributed by atoms with van der Waals surface area (Å²) in [4.78, 5) is 14.8. The zero-order valence-electron chi connectivity index (χ0n) is 12.2. The van der Waals surface area contributed by atoms with Crippen LogP contribution in [0.1, 0.15) is 24.8 Å². The first-order valence-electron chi connectivity index (χ1n) is 6.76. The molecule has 2 rings (SSSR count). The molecule has 1 aromatic rings. The first kappa shape index (κ1) is 14.8. The number of benzene rings is 1. The Labute approximate surface area is 125 Å². The largest absolute Gasteiger partial charge is 0.392 e. The van der Waals surface area contributed by atoms with Gasteiger partial charge in [-0.1, -0.05) is 24.7 Å². The van der Waals surface area contributed by atoms with Gasteiger partial charge in [0.15, 0.2) is 0 Å². The smallest absolute Gasteiger partial charge is 0.237 e. The molecule has 1 aromatic carbocycles. The molecule has 20 heavy (non-hydrogen) atoms. The summed E-state index contributed by atoms with van der Waals surface area (Å²) in [5.41, 5.74) is 8.15. The van der Waals surface area contributed by atoms with Gasteiger partial charge < -0.3 is 16.0 Å². The number of thiocarbonyl (C=S) groups is 1. The molecule has 1 amide bonds. The van der Waals surface area contributed by atoms with Crippen molar-refractivity contribution in [2.45, 2.75) is 26.2 Å². The minimum Gasteiger partial charge on any atom is -0.392 e. The summed E-state index contributed by atoms with van der Waals surface area (Å²) in [6.45, 7) is 2.05. The minimum atomic E-state index is -0.640. The van der Waals surface area contributed by atoms with Gasteiger partial charge in [-0.2, -0.15) is 0 Å². The summed E-state index contributed by atoms with van der Waals surface area (Å²) in [5, 5.41) is 2.96. The minimum absolute atomic E-state index is 0.0789. The quantitative estimate of drug-likeness (QED) is 0.837. The highest BCUT2D eigenvalue weighted by atomic mass is 32.1. The average molecular weight is 291 g/mol. The first-order chi connectivity index (χ1) is 9.36. The Morgan fingerprint density at radius 3 is 2.50 bits per heavy atom. The van der Waals surface area contributed by atoms with Crippen LogP contribution in [0.25, 0.3) is 0 Å². The van der Waals surface area contributed by atoms with Crippen LogP contribution >= 0.6 is 12.2 Å². The molecule has 0 aromatic heterocycles. The molecule has 3 N–H and O–H groups in total. The van der Waals surface area contributed by atoms with Crippen molar-refractivity contribution in [2.24, 2.45) is 11.1 Å². The lowest BCUT2D eigenvalue weighted by atomic mass is 9.68. The maximum atomic E-state index is 12.4. The Kier molecular flexibility index (Phi) is 3.99. The van der Waals surface area contributed by atoms with Gasteiger partial charge in [0.05, 0.1) is 10.4 Å². The summed E-state index contributed by atoms with van der Waals surface area (Å²) in [6, 6.07) is 5.88. The van der Waals surface area contributed by atoms with E-state index >= 15 is 0 Å². The van der Waals surface area contributed by atoms with E-state index in [1.54, 1.807) is 0 Å². The van der Waals surface area contributed by atoms with Gasteiger partial charge in [-0.25, -0.2) is 0 Å². The maximum Gasteiger partial charge on any atom is 0.237 e. The van der Waals surface area contributed by atoms with Crippen LogP contribution in [-0.4, -0.2) is 25.0 Å². The van der Waals surface area contributed by atoms with E-state index in [-0.39, 0.29) is 5.91 Å². The highest BCUT2D eigenvalue weighted by molar-refractivity contribution is 7.80. The standard InChI is InChI=1S/C15H21N3OS/c1-10-5-6-11(9-12(10)18(2)3)17-14(19)15(13(16)20)7-4-8-15/h5-6,9H,4,7-8H2,1-3H3,(H2,16,20)(H,17,19). The number of nitrogens with two attached hydrogens (primary N) is 1. The second-order valence-electron chi connectivity index (χ2n) is 5.65. The van der Waals surface area contributed by atoms with E-state index < -0.39 is 5.41 Å². The van der Waals surface area contributed by atoms with E-state index in [2.05, 4.69) is 5.32 Å². The van der Waals surface area contributed by atoms with Gasteiger partial charge in [-0.05, 0) is 37.5 Å². The van der Waals surface area contributed by atoms with Crippen LogP contribution in [0.4, 0.5) is 11.4 Å². The van der Waals surface area contributed by atoms with Crippen LogP contribution in [-0.2, 0) is 4.79 Å². The number of nitrogens with one attached hydrogen (secondary N) is 1. The Morgan fingerprint density at radius 2 is 2.05 bits per heavy atom. The van der Waals surface area contributed by atoms with Crippen molar-refractivity contribution in [2.75, 3.05) is 24.3 Å². The number of amides is 1. The molecule has 1 aliphatic rings. The van der Waals surface area contributed by atoms with Crippen molar-refractivity contribution in [1.29, 1.82) is 0 Å². The van der Waals surface area contributed by atoms with E-state index in [9.17, 15) is 4.79 Å². The van der Waals surface area contributed by atoms with E-state index in [0.717, 1.165) is 30.6 Å². The third kappa shape index (κ3) is 2.50. The van der Waals surface area contributed by atoms with Gasteiger partial charge in [-0.3, -0.25) is 4.79 Å². The van der Waals surface area contributed by atoms with Crippen LogP contribution in [0.2, 0.25) is 0 Å². The molecular weight excluding hydrogens is 270 g/mol. The Hall–Kier alpha value is -1.62. The number of hydrogen-bond donors (Lipinski definition) is 2. The monoisotopic (exact) mass is 291 g/mol. The molecule has 1 fully saturated rings. The van der Waals surface area contributed by atoms with Crippen molar-refractivity contribution >= 4 is 34.5 Å². The van der Waals surface area contributed by atoms with Crippen LogP contribution in [0, 0.1) is 12.3 Å². The van der Waals surface area contributed by atoms with Gasteiger partial charge in [0.2, 0.25) is 5.91 Å². The van der Waals surface area contributed by atoms with E-state index in [4.69, 9.17) is 18.0 Å². The fourth-order valence-electron chi connectivity index (χ4n) is 2.54. The summed E-state index contributed by atoms with van der Waals surface area (Å²) < 4.78 is 0. The highest BCUT2D eigenvalue weighted by Crippen LogP contribution is 2.42. The molecule has 5 heteroatoms. The molecule has 108 valence electrons. The van der Waals surface area contributed by atoms with Crippen molar-refractivity contribution in [3.8, 4) is 0 Å². The third-order valence-corrected chi connectivity index (χ3v) is 4.45. The van der Waals surface area contributed by atoms with Gasteiger partial charge in [0.25, 0.3) is 0 Å². The zero-order valence-corrected chi connectivity index (χ0v) is 13.0. The molecule has 1 saturated carbocycles. The van der Waals surface area contributed by atoms with Gasteiger partial charge in [0.1, 0.15) is 0 Å². The average Bonchev–Trinajstić information content (AvgIpc) is 2.29. The topological polar surface area (TPSA) is 58.4 Å². The normalized spacial score (nSPS) is 16.1. The summed E-state index contributed by atoms with van der Waals surface area (Å²) >= 11 is 5.07. The summed E-state index contributed by atoms with van der Waals surface area (Å²) in [7, 11) is 3.97. The third-order valence-electron chi connectivity index (χ3n) is 4.06. The molecular formula is C15H21N3OS. The summed E-state index contributed by atoms with van der Waals surface area (Å²) in [6.07, 6.45) is 2.50. The molecule has 1 aliphatic carbocycles. The zero-order chi connectivity index (χ0) is 14.9. The van der Waals surface area contributed by atoms with Crippen LogP contribution in [0.3, 0.4) is 0 Å². The number of hydrogen-bond acceptors (Lipinski definition) is 3. The van der Waals surface area contributed by atoms with E-state index in [1.165, 1.54) is 5.56 Å². The molecule has 0 saturated heterocycles. The molecule has 0 unspecified atom stereocenters. The fourth-order valence-corrected chi connectivity index (χ4v) is 2.83. The molecule has 0 heterocycles. The molecule has 0 bridgehead atoms. The molecule has 0 aliphatic heterocycles. The number of rotatable bonds is 4. The van der Waals surface area contributed by atoms with Crippen molar-refractivity contribution in [3.05, 3.63) is 23.8 Å². The number of carbonyl (C=O) groups excluding carboxylic acids is 1. The van der Waals surface area contributed by atoms with E-state index in [1.807, 2.05) is 44.1 Å². The molecule has 4 nitrogen and oxygen atoms in total. The van der Waals surface area contributed by atoms with Crippen molar-refractivity contribution in [1.82, 2.24) is 0 Å². The molecule has 0 spiro atoms. The van der Waals surface area contributed by atoms with Gasteiger partial charge in [-0.15, -0.1) is 0 Å². The van der Waals surface area contributed by atoms with Crippen molar-refractivity contribution < 1.29 is 4.79 Å². The number of nitrogens with zero attached hydrogens (tertiary/aromatic N) is 1. The van der Waals surface area contributed by atoms with Crippen molar-refractivity contribution in [3.63, 3.8) is 0 Å². The lowest BCUT2D eigenvalue weighted by Gasteiger charge is -2.39. The summed E-state index contributed by atoms with van der Waals surface area (Å²) in [5.74, 6) is -0.0789. The lowest BCUT2D eigenvalue weighted by molar-refractivity contribution is -0.125. The first-order valence-corrected chi connectivity index (χ1v) is 7.17. The van der Waals surface area contributed by atoms with Crippen LogP contribution in [0.15, 0.2) is 18.2 Å². The lowest BCUT2D eigenvalue weighted by Crippen LogP contribution is -2.50. The predicted molar refractivity (Wildman–Crippen MR) is 87.2 cm³/mol. The maximum absolute atomic E-state index is 12.4. The van der Waals surface area contributed by atoms with Crippen LogP contribution in [0.5, 0.6) is 0 Å². The van der Waals surface area contributed by atoms with E-state index in [0.29, 0.717) is 4.99 Å². The van der Waals surface area contributed by atoms with Gasteiger partial charge >= 0.3 is 0 Å². The number of carbonyl (C=O) groups is 1. The second-order valence-corrected chi connectivity index (χ2v) is 6.09. The Bertz CT molecular complexity index is 550. The molecule has 0 radical (unpaired) electrons. The van der Waals surface area contributed by atoms with Crippen LogP contribution < -0.4 is 16.0 Å². The highest BCUT2D eigenvalue weighted by Gasteiger charge is 2.46. The SMILES string of the molecule is Cc1ccc(NC(=O)C2(C(N)=S)CCC2)cc1N(C)C. The Balaban J connectivity index is 2.20.